The largest absolute Gasteiger partial charge is 0.417 e. The molecule has 146 valence electrons. The van der Waals surface area contributed by atoms with Gasteiger partial charge in [-0.2, -0.15) is 18.3 Å². The van der Waals surface area contributed by atoms with Crippen LogP contribution in [0.3, 0.4) is 0 Å². The monoisotopic (exact) mass is 382 g/mol. The molecule has 1 aliphatic rings. The van der Waals surface area contributed by atoms with Crippen molar-refractivity contribution in [1.82, 2.24) is 14.8 Å². The van der Waals surface area contributed by atoms with Gasteiger partial charge >= 0.3 is 6.18 Å². The molecular weight excluding hydrogens is 361 g/mol. The van der Waals surface area contributed by atoms with Crippen molar-refractivity contribution in [2.75, 3.05) is 23.3 Å². The summed E-state index contributed by atoms with van der Waals surface area (Å²) in [5.41, 5.74) is 5.50. The summed E-state index contributed by atoms with van der Waals surface area (Å²) in [6.07, 6.45) is 0.369. The van der Waals surface area contributed by atoms with Crippen LogP contribution < -0.4 is 16.0 Å². The van der Waals surface area contributed by atoms with E-state index in [1.54, 1.807) is 11.7 Å². The van der Waals surface area contributed by atoms with Crippen LogP contribution in [0.5, 0.6) is 0 Å². The number of nitrogens with zero attached hydrogens (tertiary/aromatic N) is 4. The van der Waals surface area contributed by atoms with E-state index in [1.807, 2.05) is 0 Å². The molecule has 3 N–H and O–H groups in total. The van der Waals surface area contributed by atoms with Gasteiger partial charge in [0.1, 0.15) is 11.4 Å². The Hall–Kier alpha value is -2.62. The zero-order valence-corrected chi connectivity index (χ0v) is 14.8. The predicted octanol–water partition coefficient (Wildman–Crippen LogP) is 2.40. The fourth-order valence-corrected chi connectivity index (χ4v) is 3.11. The summed E-state index contributed by atoms with van der Waals surface area (Å²) in [6, 6.07) is 2.04. The van der Waals surface area contributed by atoms with E-state index in [1.165, 1.54) is 6.20 Å². The summed E-state index contributed by atoms with van der Waals surface area (Å²) in [7, 11) is 1.77. The summed E-state index contributed by atoms with van der Waals surface area (Å²) in [6.45, 7) is 1.52. The smallest absolute Gasteiger partial charge is 0.355 e. The number of amides is 1. The first-order valence-electron chi connectivity index (χ1n) is 8.63. The second-order valence-corrected chi connectivity index (χ2v) is 6.57. The lowest BCUT2D eigenvalue weighted by Gasteiger charge is -2.24. The molecule has 0 aromatic carbocycles. The third kappa shape index (κ3) is 4.38. The number of rotatable bonds is 3. The number of nitrogens with one attached hydrogen (secondary N) is 1. The normalized spacial score (nSPS) is 18.3. The van der Waals surface area contributed by atoms with Gasteiger partial charge in [0.15, 0.2) is 5.82 Å². The van der Waals surface area contributed by atoms with Crippen LogP contribution in [0.25, 0.3) is 0 Å². The molecule has 0 radical (unpaired) electrons. The minimum atomic E-state index is -4.49. The first-order chi connectivity index (χ1) is 12.8. The molecule has 0 bridgehead atoms. The topological polar surface area (TPSA) is 89.1 Å². The number of carbonyl (C=O) groups is 1. The maximum absolute atomic E-state index is 12.6. The molecule has 1 atom stereocenters. The minimum absolute atomic E-state index is 0.101. The molecule has 2 aromatic heterocycles. The maximum Gasteiger partial charge on any atom is 0.417 e. The first-order valence-corrected chi connectivity index (χ1v) is 8.63. The van der Waals surface area contributed by atoms with E-state index in [4.69, 9.17) is 5.73 Å². The molecule has 10 heteroatoms. The molecule has 3 rings (SSSR count). The van der Waals surface area contributed by atoms with Gasteiger partial charge in [-0.25, -0.2) is 0 Å². The van der Waals surface area contributed by atoms with Gasteiger partial charge in [0, 0.05) is 32.4 Å². The quantitative estimate of drug-likeness (QED) is 0.851. The van der Waals surface area contributed by atoms with Crippen LogP contribution >= 0.6 is 0 Å². The predicted molar refractivity (Wildman–Crippen MR) is 94.4 cm³/mol. The van der Waals surface area contributed by atoms with Gasteiger partial charge in [-0.05, 0) is 31.4 Å². The number of anilines is 2. The Kier molecular flexibility index (Phi) is 5.36. The Morgan fingerprint density at radius 3 is 2.70 bits per heavy atom. The lowest BCUT2D eigenvalue weighted by molar-refractivity contribution is -0.137. The Morgan fingerprint density at radius 2 is 2.04 bits per heavy atom. The van der Waals surface area contributed by atoms with Crippen LogP contribution in [0, 0.1) is 0 Å². The highest BCUT2D eigenvalue weighted by Crippen LogP contribution is 2.29. The lowest BCUT2D eigenvalue weighted by atomic mass is 10.1. The average Bonchev–Trinajstić information content (AvgIpc) is 2.83. The molecule has 2 aromatic rings. The van der Waals surface area contributed by atoms with Crippen molar-refractivity contribution in [2.45, 2.75) is 31.5 Å². The number of alkyl halides is 3. The molecule has 1 fully saturated rings. The molecule has 27 heavy (non-hydrogen) atoms. The Morgan fingerprint density at radius 1 is 1.26 bits per heavy atom. The van der Waals surface area contributed by atoms with Gasteiger partial charge in [0.05, 0.1) is 11.8 Å². The highest BCUT2D eigenvalue weighted by atomic mass is 19.4. The van der Waals surface area contributed by atoms with E-state index in [0.29, 0.717) is 11.9 Å². The van der Waals surface area contributed by atoms with Crippen LogP contribution in [-0.2, 0) is 13.2 Å². The van der Waals surface area contributed by atoms with Crippen molar-refractivity contribution >= 4 is 17.4 Å². The van der Waals surface area contributed by atoms with Gasteiger partial charge in [-0.3, -0.25) is 14.5 Å². The number of aryl methyl sites for hydroxylation is 1. The minimum Gasteiger partial charge on any atom is -0.355 e. The van der Waals surface area contributed by atoms with Crippen LogP contribution in [0.4, 0.5) is 24.7 Å². The van der Waals surface area contributed by atoms with Gasteiger partial charge in [-0.15, -0.1) is 0 Å². The molecule has 0 saturated carbocycles. The van der Waals surface area contributed by atoms with Crippen molar-refractivity contribution in [2.24, 2.45) is 12.8 Å². The number of nitrogens with two attached hydrogens (primary N) is 1. The molecule has 7 nitrogen and oxygen atoms in total. The average molecular weight is 382 g/mol. The van der Waals surface area contributed by atoms with Crippen LogP contribution in [0.2, 0.25) is 0 Å². The number of halogens is 3. The number of hydrogen-bond acceptors (Lipinski definition) is 5. The summed E-state index contributed by atoms with van der Waals surface area (Å²) in [5, 5.41) is 6.89. The third-order valence-corrected chi connectivity index (χ3v) is 4.55. The van der Waals surface area contributed by atoms with Crippen molar-refractivity contribution in [3.05, 3.63) is 35.8 Å². The van der Waals surface area contributed by atoms with Crippen molar-refractivity contribution in [3.8, 4) is 0 Å². The van der Waals surface area contributed by atoms with Gasteiger partial charge < -0.3 is 16.0 Å². The molecule has 1 saturated heterocycles. The summed E-state index contributed by atoms with van der Waals surface area (Å²) >= 11 is 0. The number of pyridine rings is 1. The van der Waals surface area contributed by atoms with E-state index in [9.17, 15) is 18.0 Å². The van der Waals surface area contributed by atoms with E-state index >= 15 is 0 Å². The van der Waals surface area contributed by atoms with E-state index < -0.39 is 17.6 Å². The van der Waals surface area contributed by atoms with Crippen molar-refractivity contribution in [3.63, 3.8) is 0 Å². The second-order valence-electron chi connectivity index (χ2n) is 6.57. The number of carbonyl (C=O) groups excluding carboxylic acids is 1. The molecule has 0 spiro atoms. The molecule has 3 heterocycles. The van der Waals surface area contributed by atoms with Gasteiger partial charge in [-0.1, -0.05) is 0 Å². The first kappa shape index (κ1) is 19.2. The zero-order chi connectivity index (χ0) is 19.6. The standard InChI is InChI=1S/C17H21F3N6O/c1-25-16(26-7-2-3-12(21)6-8-26)14(10-23-25)24-15(27)13-5-4-11(9-22-13)17(18,19)20/h4-5,9-10,12H,2-3,6-8,21H2,1H3,(H,24,27)/t12-/m1/s1. The van der Waals surface area contributed by atoms with E-state index in [-0.39, 0.29) is 11.7 Å². The molecule has 1 amide bonds. The Balaban J connectivity index is 1.77. The molecule has 0 unspecified atom stereocenters. The summed E-state index contributed by atoms with van der Waals surface area (Å²) in [5.74, 6) is 0.147. The van der Waals surface area contributed by atoms with Crippen LogP contribution in [0.1, 0.15) is 35.3 Å². The number of aromatic nitrogens is 3. The Labute approximate surface area is 154 Å². The fourth-order valence-electron chi connectivity index (χ4n) is 3.11. The van der Waals surface area contributed by atoms with Crippen LogP contribution in [0.15, 0.2) is 24.5 Å². The maximum atomic E-state index is 12.6. The van der Waals surface area contributed by atoms with Gasteiger partial charge in [0.2, 0.25) is 0 Å². The zero-order valence-electron chi connectivity index (χ0n) is 14.8. The third-order valence-electron chi connectivity index (χ3n) is 4.55. The highest BCUT2D eigenvalue weighted by molar-refractivity contribution is 6.04. The van der Waals surface area contributed by atoms with Crippen molar-refractivity contribution < 1.29 is 18.0 Å². The van der Waals surface area contributed by atoms with Gasteiger partial charge in [0.25, 0.3) is 5.91 Å². The molecular formula is C17H21F3N6O. The lowest BCUT2D eigenvalue weighted by Crippen LogP contribution is -2.29. The molecule has 1 aliphatic heterocycles. The van der Waals surface area contributed by atoms with E-state index in [0.717, 1.165) is 50.3 Å². The number of hydrogen-bond donors (Lipinski definition) is 2. The Bertz CT molecular complexity index is 802. The SMILES string of the molecule is Cn1ncc(NC(=O)c2ccc(C(F)(F)F)cn2)c1N1CCC[C@@H](N)CC1. The van der Waals surface area contributed by atoms with E-state index in [2.05, 4.69) is 20.3 Å². The second kappa shape index (κ2) is 7.55. The fraction of sp³-hybridized carbons (Fsp3) is 0.471. The summed E-state index contributed by atoms with van der Waals surface area (Å²) in [4.78, 5) is 18.1. The molecule has 0 aliphatic carbocycles. The van der Waals surface area contributed by atoms with Crippen LogP contribution in [-0.4, -0.2) is 39.8 Å². The van der Waals surface area contributed by atoms with Crippen molar-refractivity contribution in [1.29, 1.82) is 0 Å². The highest BCUT2D eigenvalue weighted by Gasteiger charge is 2.31. The summed E-state index contributed by atoms with van der Waals surface area (Å²) < 4.78 is 39.5.